The van der Waals surface area contributed by atoms with E-state index in [2.05, 4.69) is 24.1 Å². The number of hydrogen-bond acceptors (Lipinski definition) is 3. The van der Waals surface area contributed by atoms with Crippen LogP contribution in [0, 0.1) is 0 Å². The molecule has 1 fully saturated rings. The smallest absolute Gasteiger partial charge is 0.234 e. The van der Waals surface area contributed by atoms with Crippen molar-refractivity contribution in [1.82, 2.24) is 10.2 Å². The molecule has 1 rings (SSSR count). The minimum atomic E-state index is 0.105. The third kappa shape index (κ3) is 1.95. The van der Waals surface area contributed by atoms with Crippen molar-refractivity contribution in [2.45, 2.75) is 25.9 Å². The molecular formula is C8H17N3O. The predicted octanol–water partition coefficient (Wildman–Crippen LogP) is -0.846. The lowest BCUT2D eigenvalue weighted by molar-refractivity contribution is -0.126. The molecule has 4 heteroatoms. The van der Waals surface area contributed by atoms with E-state index in [9.17, 15) is 4.79 Å². The van der Waals surface area contributed by atoms with E-state index in [1.54, 1.807) is 0 Å². The van der Waals surface area contributed by atoms with Crippen LogP contribution in [0.4, 0.5) is 0 Å². The third-order valence-corrected chi connectivity index (χ3v) is 2.39. The van der Waals surface area contributed by atoms with Gasteiger partial charge >= 0.3 is 0 Å². The summed E-state index contributed by atoms with van der Waals surface area (Å²) >= 11 is 0. The Hall–Kier alpha value is -0.610. The summed E-state index contributed by atoms with van der Waals surface area (Å²) in [7, 11) is 0. The van der Waals surface area contributed by atoms with Crippen molar-refractivity contribution >= 4 is 5.91 Å². The number of carbonyl (C=O) groups excluding carboxylic acids is 1. The average Bonchev–Trinajstić information content (AvgIpc) is 2.08. The molecule has 2 atom stereocenters. The zero-order valence-electron chi connectivity index (χ0n) is 7.71. The highest BCUT2D eigenvalue weighted by molar-refractivity contribution is 5.78. The molecule has 12 heavy (non-hydrogen) atoms. The van der Waals surface area contributed by atoms with Gasteiger partial charge in [0.15, 0.2) is 0 Å². The van der Waals surface area contributed by atoms with E-state index in [1.165, 1.54) is 0 Å². The van der Waals surface area contributed by atoms with Gasteiger partial charge in [0.05, 0.1) is 6.54 Å². The molecule has 70 valence electrons. The van der Waals surface area contributed by atoms with Crippen LogP contribution in [-0.2, 0) is 4.79 Å². The third-order valence-electron chi connectivity index (χ3n) is 2.39. The number of carbonyl (C=O) groups is 1. The van der Waals surface area contributed by atoms with E-state index in [-0.39, 0.29) is 5.91 Å². The Bertz CT molecular complexity index is 168. The quantitative estimate of drug-likeness (QED) is 0.569. The molecule has 0 aromatic heterocycles. The minimum absolute atomic E-state index is 0.105. The zero-order chi connectivity index (χ0) is 9.14. The molecule has 0 radical (unpaired) electrons. The first-order valence-electron chi connectivity index (χ1n) is 4.37. The number of nitrogens with one attached hydrogen (secondary N) is 1. The Balaban J connectivity index is 2.54. The highest BCUT2D eigenvalue weighted by atomic mass is 16.2. The Morgan fingerprint density at radius 2 is 2.50 bits per heavy atom. The average molecular weight is 171 g/mol. The summed E-state index contributed by atoms with van der Waals surface area (Å²) in [4.78, 5) is 13.2. The van der Waals surface area contributed by atoms with Crippen molar-refractivity contribution in [3.05, 3.63) is 0 Å². The molecule has 1 saturated heterocycles. The lowest BCUT2D eigenvalue weighted by atomic mass is 10.1. The fourth-order valence-electron chi connectivity index (χ4n) is 1.48. The first kappa shape index (κ1) is 9.48. The van der Waals surface area contributed by atoms with Gasteiger partial charge in [-0.15, -0.1) is 0 Å². The van der Waals surface area contributed by atoms with E-state index >= 15 is 0 Å². The van der Waals surface area contributed by atoms with Crippen LogP contribution in [0.2, 0.25) is 0 Å². The summed E-state index contributed by atoms with van der Waals surface area (Å²) in [5.41, 5.74) is 5.54. The summed E-state index contributed by atoms with van der Waals surface area (Å²) < 4.78 is 0. The van der Waals surface area contributed by atoms with E-state index in [0.717, 1.165) is 6.54 Å². The summed E-state index contributed by atoms with van der Waals surface area (Å²) in [5.74, 6) is 0.105. The fourth-order valence-corrected chi connectivity index (χ4v) is 1.48. The van der Waals surface area contributed by atoms with Gasteiger partial charge in [0.25, 0.3) is 0 Å². The Morgan fingerprint density at radius 3 is 3.08 bits per heavy atom. The molecule has 0 bridgehead atoms. The normalized spacial score (nSPS) is 28.2. The number of nitrogens with zero attached hydrogens (tertiary/aromatic N) is 1. The second-order valence-electron chi connectivity index (χ2n) is 3.41. The number of piperazine rings is 1. The van der Waals surface area contributed by atoms with Crippen LogP contribution in [-0.4, -0.2) is 42.5 Å². The summed E-state index contributed by atoms with van der Waals surface area (Å²) in [6, 6.07) is 0.701. The molecule has 0 spiro atoms. The highest BCUT2D eigenvalue weighted by Crippen LogP contribution is 2.07. The van der Waals surface area contributed by atoms with E-state index in [0.29, 0.717) is 25.2 Å². The van der Waals surface area contributed by atoms with Crippen LogP contribution in [0.5, 0.6) is 0 Å². The molecule has 2 unspecified atom stereocenters. The Kier molecular flexibility index (Phi) is 3.05. The van der Waals surface area contributed by atoms with Crippen LogP contribution in [0.3, 0.4) is 0 Å². The largest absolute Gasteiger partial charge is 0.353 e. The maximum Gasteiger partial charge on any atom is 0.234 e. The van der Waals surface area contributed by atoms with Gasteiger partial charge in [-0.1, -0.05) is 0 Å². The van der Waals surface area contributed by atoms with E-state index < -0.39 is 0 Å². The highest BCUT2D eigenvalue weighted by Gasteiger charge is 2.25. The van der Waals surface area contributed by atoms with Gasteiger partial charge in [-0.3, -0.25) is 9.69 Å². The van der Waals surface area contributed by atoms with Crippen LogP contribution >= 0.6 is 0 Å². The molecule has 1 aliphatic rings. The molecule has 1 aliphatic heterocycles. The fraction of sp³-hybridized carbons (Fsp3) is 0.875. The molecule has 0 aromatic rings. The van der Waals surface area contributed by atoms with E-state index in [1.807, 2.05) is 0 Å². The van der Waals surface area contributed by atoms with Crippen LogP contribution in [0.1, 0.15) is 13.8 Å². The van der Waals surface area contributed by atoms with Gasteiger partial charge < -0.3 is 11.1 Å². The summed E-state index contributed by atoms with van der Waals surface area (Å²) in [5, 5.41) is 2.82. The lowest BCUT2D eigenvalue weighted by Gasteiger charge is -2.37. The van der Waals surface area contributed by atoms with Crippen molar-refractivity contribution in [2.24, 2.45) is 5.73 Å². The van der Waals surface area contributed by atoms with Crippen molar-refractivity contribution in [2.75, 3.05) is 19.6 Å². The van der Waals surface area contributed by atoms with Gasteiger partial charge in [-0.05, 0) is 13.8 Å². The zero-order valence-corrected chi connectivity index (χ0v) is 7.71. The molecule has 1 heterocycles. The maximum atomic E-state index is 11.0. The van der Waals surface area contributed by atoms with E-state index in [4.69, 9.17) is 5.73 Å². The van der Waals surface area contributed by atoms with Crippen molar-refractivity contribution in [1.29, 1.82) is 0 Å². The molecule has 0 aromatic carbocycles. The SMILES string of the molecule is CC(CN)N1CC(=O)NCC1C. The molecule has 4 nitrogen and oxygen atoms in total. The van der Waals surface area contributed by atoms with Gasteiger partial charge in [-0.25, -0.2) is 0 Å². The minimum Gasteiger partial charge on any atom is -0.353 e. The molecular weight excluding hydrogens is 154 g/mol. The van der Waals surface area contributed by atoms with Gasteiger partial charge in [0, 0.05) is 25.2 Å². The monoisotopic (exact) mass is 171 g/mol. The second kappa shape index (κ2) is 3.87. The van der Waals surface area contributed by atoms with Gasteiger partial charge in [-0.2, -0.15) is 0 Å². The van der Waals surface area contributed by atoms with Crippen molar-refractivity contribution in [3.63, 3.8) is 0 Å². The molecule has 0 aliphatic carbocycles. The lowest BCUT2D eigenvalue weighted by Crippen LogP contribution is -2.57. The number of nitrogens with two attached hydrogens (primary N) is 1. The van der Waals surface area contributed by atoms with Crippen molar-refractivity contribution < 1.29 is 4.79 Å². The second-order valence-corrected chi connectivity index (χ2v) is 3.41. The van der Waals surface area contributed by atoms with Gasteiger partial charge in [0.2, 0.25) is 5.91 Å². The molecule has 1 amide bonds. The Labute approximate surface area is 73.1 Å². The number of hydrogen-bond donors (Lipinski definition) is 2. The maximum absolute atomic E-state index is 11.0. The van der Waals surface area contributed by atoms with Crippen LogP contribution < -0.4 is 11.1 Å². The number of amides is 1. The molecule has 0 saturated carbocycles. The first-order chi connectivity index (χ1) is 5.65. The molecule has 3 N–H and O–H groups in total. The van der Waals surface area contributed by atoms with Crippen LogP contribution in [0.15, 0.2) is 0 Å². The number of rotatable bonds is 2. The van der Waals surface area contributed by atoms with Gasteiger partial charge in [0.1, 0.15) is 0 Å². The van der Waals surface area contributed by atoms with Crippen molar-refractivity contribution in [3.8, 4) is 0 Å². The van der Waals surface area contributed by atoms with Crippen LogP contribution in [0.25, 0.3) is 0 Å². The summed E-state index contributed by atoms with van der Waals surface area (Å²) in [6.45, 7) is 5.99. The predicted molar refractivity (Wildman–Crippen MR) is 47.7 cm³/mol. The Morgan fingerprint density at radius 1 is 1.83 bits per heavy atom. The standard InChI is InChI=1S/C8H17N3O/c1-6(3-9)11-5-8(12)10-4-7(11)2/h6-7H,3-5,9H2,1-2H3,(H,10,12). The summed E-state index contributed by atoms with van der Waals surface area (Å²) in [6.07, 6.45) is 0. The first-order valence-corrected chi connectivity index (χ1v) is 4.37. The topological polar surface area (TPSA) is 58.4 Å².